The number of alkyl halides is 3. The fourth-order valence-electron chi connectivity index (χ4n) is 1.74. The Kier molecular flexibility index (Phi) is 5.54. The molecule has 1 aromatic carbocycles. The van der Waals surface area contributed by atoms with Gasteiger partial charge in [-0.2, -0.15) is 18.3 Å². The molecule has 1 amide bonds. The number of carbonyl (C=O) groups is 1. The zero-order valence-corrected chi connectivity index (χ0v) is 13.2. The van der Waals surface area contributed by atoms with Crippen LogP contribution in [0.3, 0.4) is 0 Å². The van der Waals surface area contributed by atoms with Crippen LogP contribution in [0.5, 0.6) is 0 Å². The van der Waals surface area contributed by atoms with Gasteiger partial charge >= 0.3 is 11.9 Å². The van der Waals surface area contributed by atoms with Crippen molar-refractivity contribution >= 4 is 17.9 Å². The molecule has 0 aliphatic heterocycles. The van der Waals surface area contributed by atoms with Gasteiger partial charge in [-0.1, -0.05) is 12.1 Å². The van der Waals surface area contributed by atoms with Crippen LogP contribution in [-0.2, 0) is 11.0 Å². The minimum Gasteiger partial charge on any atom is -0.353 e. The molecule has 0 radical (unpaired) electrons. The fourth-order valence-corrected chi connectivity index (χ4v) is 1.74. The quantitative estimate of drug-likeness (QED) is 0.448. The molecule has 0 aliphatic carbocycles. The lowest BCUT2D eigenvalue weighted by atomic mass is 10.1. The van der Waals surface area contributed by atoms with Crippen LogP contribution in [0.25, 0.3) is 0 Å². The minimum atomic E-state index is -4.43. The van der Waals surface area contributed by atoms with Crippen LogP contribution in [0.4, 0.5) is 19.0 Å². The molecule has 2 aromatic rings. The molecule has 0 saturated carbocycles. The Morgan fingerprint density at radius 1 is 1.27 bits per heavy atom. The van der Waals surface area contributed by atoms with E-state index in [0.29, 0.717) is 5.56 Å². The van der Waals surface area contributed by atoms with Crippen molar-refractivity contribution < 1.29 is 18.0 Å². The summed E-state index contributed by atoms with van der Waals surface area (Å²) in [6.07, 6.45) is -3.27. The Morgan fingerprint density at radius 2 is 1.92 bits per heavy atom. The zero-order valence-electron chi connectivity index (χ0n) is 13.2. The molecule has 138 valence electrons. The lowest BCUT2D eigenvalue weighted by Gasteiger charge is -2.11. The Morgan fingerprint density at radius 3 is 2.50 bits per heavy atom. The summed E-state index contributed by atoms with van der Waals surface area (Å²) in [7, 11) is 0. The first-order valence-corrected chi connectivity index (χ1v) is 7.12. The van der Waals surface area contributed by atoms with Crippen molar-refractivity contribution in [2.24, 2.45) is 5.10 Å². The van der Waals surface area contributed by atoms with E-state index in [1.807, 2.05) is 10.1 Å². The van der Waals surface area contributed by atoms with Gasteiger partial charge in [0.2, 0.25) is 5.82 Å². The van der Waals surface area contributed by atoms with E-state index in [-0.39, 0.29) is 5.82 Å². The van der Waals surface area contributed by atoms with Crippen LogP contribution in [-0.4, -0.2) is 33.3 Å². The first-order valence-electron chi connectivity index (χ1n) is 7.12. The standard InChI is InChI=1S/C14H13F3N6O3/c1-7(19-10-12(25)20-13(26)23-21-10)11(24)22-18-6-8-2-4-9(5-3-8)14(15,16)17/h2-7H,1H3,(H,19,21)(H,22,24)(H2,20,23,25,26)/b18-6-/t7-/m1/s1. The van der Waals surface area contributed by atoms with Gasteiger partial charge in [0.15, 0.2) is 0 Å². The molecule has 12 heteroatoms. The first kappa shape index (κ1) is 18.9. The maximum Gasteiger partial charge on any atom is 0.416 e. The van der Waals surface area contributed by atoms with E-state index in [9.17, 15) is 27.6 Å². The lowest BCUT2D eigenvalue weighted by molar-refractivity contribution is -0.137. The van der Waals surface area contributed by atoms with Gasteiger partial charge < -0.3 is 5.32 Å². The summed E-state index contributed by atoms with van der Waals surface area (Å²) in [5, 5.41) is 11.5. The molecule has 0 saturated heterocycles. The van der Waals surface area contributed by atoms with E-state index >= 15 is 0 Å². The third-order valence-corrected chi connectivity index (χ3v) is 3.08. The van der Waals surface area contributed by atoms with Crippen LogP contribution in [0, 0.1) is 0 Å². The van der Waals surface area contributed by atoms with E-state index in [1.165, 1.54) is 19.1 Å². The molecule has 1 heterocycles. The second-order valence-corrected chi connectivity index (χ2v) is 5.08. The highest BCUT2D eigenvalue weighted by Gasteiger charge is 2.29. The number of H-pyrrole nitrogens is 2. The van der Waals surface area contributed by atoms with E-state index in [2.05, 4.69) is 20.9 Å². The van der Waals surface area contributed by atoms with Crippen molar-refractivity contribution in [1.82, 2.24) is 20.6 Å². The van der Waals surface area contributed by atoms with Gasteiger partial charge in [0.1, 0.15) is 6.04 Å². The molecule has 1 aromatic heterocycles. The van der Waals surface area contributed by atoms with Crippen LogP contribution >= 0.6 is 0 Å². The number of aromatic amines is 2. The number of nitrogens with one attached hydrogen (secondary N) is 4. The van der Waals surface area contributed by atoms with Crippen molar-refractivity contribution in [3.05, 3.63) is 56.2 Å². The van der Waals surface area contributed by atoms with E-state index < -0.39 is 34.9 Å². The van der Waals surface area contributed by atoms with Crippen molar-refractivity contribution in [2.45, 2.75) is 19.1 Å². The number of rotatable bonds is 5. The summed E-state index contributed by atoms with van der Waals surface area (Å²) in [6, 6.07) is 3.25. The van der Waals surface area contributed by atoms with Gasteiger partial charge in [0.25, 0.3) is 11.5 Å². The van der Waals surface area contributed by atoms with Crippen molar-refractivity contribution in [1.29, 1.82) is 0 Å². The molecule has 0 spiro atoms. The van der Waals surface area contributed by atoms with E-state index in [0.717, 1.165) is 18.3 Å². The smallest absolute Gasteiger partial charge is 0.353 e. The molecule has 1 atom stereocenters. The predicted octanol–water partition coefficient (Wildman–Crippen LogP) is 0.428. The Bertz CT molecular complexity index is 917. The van der Waals surface area contributed by atoms with Crippen LogP contribution in [0.1, 0.15) is 18.1 Å². The number of carbonyl (C=O) groups excluding carboxylic acids is 1. The summed E-state index contributed by atoms with van der Waals surface area (Å²) in [5.74, 6) is -0.903. The number of hydrazone groups is 1. The maximum absolute atomic E-state index is 12.4. The molecule has 0 bridgehead atoms. The molecule has 4 N–H and O–H groups in total. The Labute approximate surface area is 143 Å². The van der Waals surface area contributed by atoms with E-state index in [1.54, 1.807) is 0 Å². The molecule has 2 rings (SSSR count). The maximum atomic E-state index is 12.4. The van der Waals surface area contributed by atoms with Crippen molar-refractivity contribution in [3.8, 4) is 0 Å². The van der Waals surface area contributed by atoms with Gasteiger partial charge in [-0.15, -0.1) is 5.10 Å². The minimum absolute atomic E-state index is 0.265. The lowest BCUT2D eigenvalue weighted by Crippen LogP contribution is -2.38. The Balaban J connectivity index is 1.93. The third kappa shape index (κ3) is 5.03. The number of hydrogen-bond donors (Lipinski definition) is 4. The SMILES string of the molecule is C[C@@H](Nc1n[nH]c(=O)[nH]c1=O)C(=O)N/N=C\c1ccc(C(F)(F)F)cc1. The number of benzene rings is 1. The molecular weight excluding hydrogens is 357 g/mol. The van der Waals surface area contributed by atoms with Crippen LogP contribution in [0.2, 0.25) is 0 Å². The summed E-state index contributed by atoms with van der Waals surface area (Å²) < 4.78 is 37.3. The molecule has 0 unspecified atom stereocenters. The highest BCUT2D eigenvalue weighted by molar-refractivity contribution is 5.86. The number of amides is 1. The summed E-state index contributed by atoms with van der Waals surface area (Å²) in [4.78, 5) is 36.1. The Hall–Kier alpha value is -3.44. The summed E-state index contributed by atoms with van der Waals surface area (Å²) in [5.41, 5.74) is 0.113. The molecule has 0 aliphatic rings. The normalized spacial score (nSPS) is 12.8. The van der Waals surface area contributed by atoms with Gasteiger partial charge in [-0.05, 0) is 24.6 Å². The van der Waals surface area contributed by atoms with Gasteiger partial charge in [-0.3, -0.25) is 14.6 Å². The molecular formula is C14H13F3N6O3. The predicted molar refractivity (Wildman–Crippen MR) is 85.7 cm³/mol. The number of aromatic nitrogens is 3. The molecule has 9 nitrogen and oxygen atoms in total. The van der Waals surface area contributed by atoms with Crippen molar-refractivity contribution in [3.63, 3.8) is 0 Å². The van der Waals surface area contributed by atoms with Gasteiger partial charge in [0.05, 0.1) is 11.8 Å². The van der Waals surface area contributed by atoms with Crippen molar-refractivity contribution in [2.75, 3.05) is 5.32 Å². The largest absolute Gasteiger partial charge is 0.416 e. The first-order chi connectivity index (χ1) is 12.2. The average Bonchev–Trinajstić information content (AvgIpc) is 2.57. The van der Waals surface area contributed by atoms with Gasteiger partial charge in [0, 0.05) is 0 Å². The second-order valence-electron chi connectivity index (χ2n) is 5.08. The summed E-state index contributed by atoms with van der Waals surface area (Å²) >= 11 is 0. The summed E-state index contributed by atoms with van der Waals surface area (Å²) in [6.45, 7) is 1.41. The van der Waals surface area contributed by atoms with Gasteiger partial charge in [-0.25, -0.2) is 15.3 Å². The molecule has 26 heavy (non-hydrogen) atoms. The van der Waals surface area contributed by atoms with E-state index in [4.69, 9.17) is 0 Å². The average molecular weight is 370 g/mol. The second kappa shape index (κ2) is 7.63. The number of halogens is 3. The number of nitrogens with zero attached hydrogens (tertiary/aromatic N) is 2. The number of anilines is 1. The monoisotopic (exact) mass is 370 g/mol. The molecule has 0 fully saturated rings. The zero-order chi connectivity index (χ0) is 19.3. The third-order valence-electron chi connectivity index (χ3n) is 3.08. The highest BCUT2D eigenvalue weighted by Crippen LogP contribution is 2.28. The van der Waals surface area contributed by atoms with Crippen LogP contribution < -0.4 is 22.0 Å². The fraction of sp³-hybridized carbons (Fsp3) is 0.214. The topological polar surface area (TPSA) is 132 Å². The van der Waals surface area contributed by atoms with Crippen LogP contribution in [0.15, 0.2) is 39.0 Å². The number of hydrogen-bond acceptors (Lipinski definition) is 6. The highest BCUT2D eigenvalue weighted by atomic mass is 19.4.